The van der Waals surface area contributed by atoms with Crippen molar-refractivity contribution >= 4 is 21.8 Å². The molecule has 52 heavy (non-hydrogen) atoms. The number of furan rings is 1. The Balaban J connectivity index is 0.00000210. The fraction of sp³-hybridized carbons (Fsp3) is 0. The van der Waals surface area contributed by atoms with Gasteiger partial charge in [0.2, 0.25) is 5.95 Å². The van der Waals surface area contributed by atoms with Gasteiger partial charge in [-0.3, -0.25) is 0 Å². The molecule has 0 spiro atoms. The van der Waals surface area contributed by atoms with E-state index in [9.17, 15) is 0 Å². The van der Waals surface area contributed by atoms with Gasteiger partial charge in [-0.25, -0.2) is 9.97 Å². The molecule has 9 rings (SSSR count). The van der Waals surface area contributed by atoms with Crippen molar-refractivity contribution in [2.45, 2.75) is 0 Å². The van der Waals surface area contributed by atoms with E-state index in [4.69, 9.17) is 23.9 Å². The molecule has 0 fully saturated rings. The summed E-state index contributed by atoms with van der Waals surface area (Å²) in [6.07, 6.45) is 8.60. The third kappa shape index (κ3) is 6.94. The monoisotopic (exact) mass is 857 g/mol. The molecule has 0 saturated heterocycles. The minimum absolute atomic E-state index is 0. The quantitative estimate of drug-likeness (QED) is 0.111. The number of rotatable bonds is 8. The molecule has 0 radical (unpaired) electrons. The minimum atomic E-state index is 0. The zero-order chi connectivity index (χ0) is 33.3. The standard InChI is InChI=1S/C42H23N5O3.2Pd/c1-3-19-43-37(12-1)28-8-5-10-31(22-28)49-33-15-17-35-36-18-16-34(50-32-11-6-9-29(23-32)38-13-2-4-20-44-38)25-40(36)47(39(35)24-33)42-45-26-30(27-46-42)41-14-7-21-48-41;;/h1-21,26-27H;;/q-4;2*+2. The molecular weight excluding hydrogens is 835 g/mol. The molecule has 5 heterocycles. The molecule has 10 heteroatoms. The van der Waals surface area contributed by atoms with Crippen LogP contribution in [-0.4, -0.2) is 24.5 Å². The second-order valence-corrected chi connectivity index (χ2v) is 11.2. The molecule has 254 valence electrons. The summed E-state index contributed by atoms with van der Waals surface area (Å²) in [4.78, 5) is 18.4. The van der Waals surface area contributed by atoms with Crippen molar-refractivity contribution in [3.63, 3.8) is 0 Å². The molecule has 5 aromatic heterocycles. The third-order valence-electron chi connectivity index (χ3n) is 8.04. The third-order valence-corrected chi connectivity index (χ3v) is 8.04. The summed E-state index contributed by atoms with van der Waals surface area (Å²) in [5, 5.41) is 1.84. The molecule has 0 aliphatic heterocycles. The second kappa shape index (κ2) is 15.2. The van der Waals surface area contributed by atoms with E-state index in [1.165, 1.54) is 0 Å². The molecule has 0 atom stereocenters. The van der Waals surface area contributed by atoms with Crippen molar-refractivity contribution in [1.82, 2.24) is 24.5 Å². The van der Waals surface area contributed by atoms with Gasteiger partial charge >= 0.3 is 40.8 Å². The summed E-state index contributed by atoms with van der Waals surface area (Å²) in [5.41, 5.74) is 5.45. The summed E-state index contributed by atoms with van der Waals surface area (Å²) >= 11 is 0. The molecule has 0 amide bonds. The number of nitrogens with zero attached hydrogens (tertiary/aromatic N) is 5. The maximum Gasteiger partial charge on any atom is 2.00 e. The molecule has 0 bridgehead atoms. The minimum Gasteiger partial charge on any atom is -0.503 e. The summed E-state index contributed by atoms with van der Waals surface area (Å²) in [7, 11) is 0. The number of fused-ring (bicyclic) bond motifs is 3. The van der Waals surface area contributed by atoms with Crippen molar-refractivity contribution in [2.24, 2.45) is 0 Å². The summed E-state index contributed by atoms with van der Waals surface area (Å²) in [6, 6.07) is 48.0. The first-order valence-corrected chi connectivity index (χ1v) is 15.8. The first-order valence-electron chi connectivity index (χ1n) is 15.8. The molecule has 9 aromatic rings. The van der Waals surface area contributed by atoms with Crippen LogP contribution in [0.15, 0.2) is 145 Å². The Morgan fingerprint density at radius 2 is 1.04 bits per heavy atom. The van der Waals surface area contributed by atoms with E-state index in [1.807, 2.05) is 114 Å². The van der Waals surface area contributed by atoms with Crippen molar-refractivity contribution < 1.29 is 54.7 Å². The van der Waals surface area contributed by atoms with Gasteiger partial charge in [0.25, 0.3) is 0 Å². The maximum absolute atomic E-state index is 6.30. The molecule has 0 aliphatic carbocycles. The van der Waals surface area contributed by atoms with Crippen LogP contribution in [0.1, 0.15) is 0 Å². The normalized spacial score (nSPS) is 10.8. The zero-order valence-electron chi connectivity index (χ0n) is 26.9. The smallest absolute Gasteiger partial charge is 0.503 e. The van der Waals surface area contributed by atoms with Crippen LogP contribution in [0, 0.1) is 24.3 Å². The number of hydrogen-bond donors (Lipinski definition) is 0. The Morgan fingerprint density at radius 3 is 1.52 bits per heavy atom. The van der Waals surface area contributed by atoms with Gasteiger partial charge in [-0.05, 0) is 35.7 Å². The Labute approximate surface area is 326 Å². The molecule has 0 unspecified atom stereocenters. The van der Waals surface area contributed by atoms with Crippen LogP contribution in [0.4, 0.5) is 0 Å². The van der Waals surface area contributed by atoms with E-state index in [-0.39, 0.29) is 40.8 Å². The molecule has 0 saturated carbocycles. The van der Waals surface area contributed by atoms with E-state index in [2.05, 4.69) is 34.2 Å². The zero-order valence-corrected chi connectivity index (χ0v) is 30.0. The van der Waals surface area contributed by atoms with Crippen LogP contribution in [-0.2, 0) is 40.8 Å². The average Bonchev–Trinajstić information content (AvgIpc) is 3.83. The van der Waals surface area contributed by atoms with E-state index in [1.54, 1.807) is 31.1 Å². The second-order valence-electron chi connectivity index (χ2n) is 11.2. The summed E-state index contributed by atoms with van der Waals surface area (Å²) in [6.45, 7) is 0. The fourth-order valence-corrected chi connectivity index (χ4v) is 5.75. The fourth-order valence-electron chi connectivity index (χ4n) is 5.75. The molecule has 0 aliphatic rings. The molecule has 4 aromatic carbocycles. The average molecular weight is 859 g/mol. The van der Waals surface area contributed by atoms with Crippen LogP contribution in [0.5, 0.6) is 23.0 Å². The van der Waals surface area contributed by atoms with Gasteiger partial charge in [0.15, 0.2) is 0 Å². The molecule has 8 nitrogen and oxygen atoms in total. The number of ether oxygens (including phenoxy) is 2. The van der Waals surface area contributed by atoms with Crippen LogP contribution < -0.4 is 9.47 Å². The van der Waals surface area contributed by atoms with Crippen LogP contribution in [0.2, 0.25) is 0 Å². The maximum atomic E-state index is 6.30. The first kappa shape index (κ1) is 34.7. The van der Waals surface area contributed by atoms with Crippen LogP contribution in [0.25, 0.3) is 61.6 Å². The van der Waals surface area contributed by atoms with E-state index in [0.717, 1.165) is 38.9 Å². The molecule has 0 N–H and O–H groups in total. The van der Waals surface area contributed by atoms with Crippen molar-refractivity contribution in [3.8, 4) is 62.8 Å². The predicted octanol–water partition coefficient (Wildman–Crippen LogP) is 9.74. The number of pyridine rings is 2. The Hall–Kier alpha value is -5.74. The predicted molar refractivity (Wildman–Crippen MR) is 189 cm³/mol. The number of hydrogen-bond acceptors (Lipinski definition) is 7. The summed E-state index contributed by atoms with van der Waals surface area (Å²) < 4.78 is 20.1. The van der Waals surface area contributed by atoms with Crippen molar-refractivity contribution in [1.29, 1.82) is 0 Å². The first-order chi connectivity index (χ1) is 24.7. The molecular formula is C42H23N5O3Pd2. The van der Waals surface area contributed by atoms with Gasteiger partial charge in [-0.15, -0.1) is 71.8 Å². The van der Waals surface area contributed by atoms with E-state index in [0.29, 0.717) is 45.7 Å². The largest absolute Gasteiger partial charge is 2.00 e. The van der Waals surface area contributed by atoms with Gasteiger partial charge in [0.05, 0.1) is 11.8 Å². The van der Waals surface area contributed by atoms with Crippen molar-refractivity contribution in [3.05, 3.63) is 165 Å². The Kier molecular flexibility index (Phi) is 10.2. The number of benzene rings is 4. The Morgan fingerprint density at radius 1 is 0.500 bits per heavy atom. The topological polar surface area (TPSA) is 88.1 Å². The van der Waals surface area contributed by atoms with Crippen molar-refractivity contribution in [2.75, 3.05) is 0 Å². The van der Waals surface area contributed by atoms with Crippen LogP contribution >= 0.6 is 0 Å². The van der Waals surface area contributed by atoms with Gasteiger partial charge < -0.3 is 28.4 Å². The summed E-state index contributed by atoms with van der Waals surface area (Å²) in [5.74, 6) is 3.18. The van der Waals surface area contributed by atoms with Gasteiger partial charge in [-0.2, -0.15) is 22.9 Å². The van der Waals surface area contributed by atoms with Gasteiger partial charge in [0, 0.05) is 47.8 Å². The Bertz CT molecular complexity index is 2450. The van der Waals surface area contributed by atoms with Gasteiger partial charge in [-0.1, -0.05) is 47.4 Å². The van der Waals surface area contributed by atoms with E-state index >= 15 is 0 Å². The van der Waals surface area contributed by atoms with Crippen LogP contribution in [0.3, 0.4) is 0 Å². The van der Waals surface area contributed by atoms with E-state index < -0.39 is 0 Å². The SMILES string of the molecule is [Pd+2].[Pd+2].[c-]1c(Oc2[c-]c3c(cc2)c2ccc(Oc4[c-]c(-c5ccccn5)ccc4)[c-]c2n3-c2ncc(-c3ccco3)cn2)cccc1-c1ccccn1. The number of aromatic nitrogens is 5. The van der Waals surface area contributed by atoms with Gasteiger partial charge in [0.1, 0.15) is 5.76 Å².